The summed E-state index contributed by atoms with van der Waals surface area (Å²) in [5.41, 5.74) is 1.60. The molecule has 0 radical (unpaired) electrons. The molecule has 2 rings (SSSR count). The fourth-order valence-electron chi connectivity index (χ4n) is 1.88. The van der Waals surface area contributed by atoms with Crippen LogP contribution in [0, 0.1) is 11.3 Å². The summed E-state index contributed by atoms with van der Waals surface area (Å²) < 4.78 is 2.00. The van der Waals surface area contributed by atoms with E-state index >= 15 is 0 Å². The maximum atomic E-state index is 8.81. The Hall–Kier alpha value is -1.83. The first-order valence-corrected chi connectivity index (χ1v) is 6.31. The molecule has 0 aliphatic heterocycles. The molecule has 0 aliphatic carbocycles. The second-order valence-corrected chi connectivity index (χ2v) is 4.95. The summed E-state index contributed by atoms with van der Waals surface area (Å²) in [6.07, 6.45) is 3.72. The molecular formula is C14H15ClN4. The van der Waals surface area contributed by atoms with E-state index in [0.717, 1.165) is 24.5 Å². The van der Waals surface area contributed by atoms with E-state index in [2.05, 4.69) is 16.0 Å². The van der Waals surface area contributed by atoms with Crippen LogP contribution < -0.4 is 0 Å². The fourth-order valence-corrected chi connectivity index (χ4v) is 2.12. The van der Waals surface area contributed by atoms with E-state index in [4.69, 9.17) is 16.9 Å². The van der Waals surface area contributed by atoms with Crippen molar-refractivity contribution in [2.24, 2.45) is 7.05 Å². The molecule has 0 bridgehead atoms. The van der Waals surface area contributed by atoms with Gasteiger partial charge in [0.25, 0.3) is 0 Å². The van der Waals surface area contributed by atoms with Crippen molar-refractivity contribution in [2.45, 2.75) is 13.1 Å². The van der Waals surface area contributed by atoms with Crippen LogP contribution in [-0.4, -0.2) is 21.5 Å². The second kappa shape index (κ2) is 5.87. The predicted octanol–water partition coefficient (Wildman–Crippen LogP) is 2.58. The third-order valence-corrected chi connectivity index (χ3v) is 3.31. The number of aryl methyl sites for hydroxylation is 1. The molecule has 0 aliphatic rings. The Morgan fingerprint density at radius 1 is 1.42 bits per heavy atom. The van der Waals surface area contributed by atoms with Crippen molar-refractivity contribution in [1.29, 1.82) is 5.26 Å². The minimum absolute atomic E-state index is 0.584. The van der Waals surface area contributed by atoms with Crippen LogP contribution in [-0.2, 0) is 20.1 Å². The van der Waals surface area contributed by atoms with Crippen molar-refractivity contribution in [3.8, 4) is 6.07 Å². The predicted molar refractivity (Wildman–Crippen MR) is 74.5 cm³/mol. The summed E-state index contributed by atoms with van der Waals surface area (Å²) in [7, 11) is 3.99. The summed E-state index contributed by atoms with van der Waals surface area (Å²) in [4.78, 5) is 6.43. The molecule has 19 heavy (non-hydrogen) atoms. The Balaban J connectivity index is 2.05. The first-order valence-electron chi connectivity index (χ1n) is 5.93. The van der Waals surface area contributed by atoms with Gasteiger partial charge < -0.3 is 4.57 Å². The van der Waals surface area contributed by atoms with Crippen LogP contribution in [0.15, 0.2) is 30.6 Å². The quantitative estimate of drug-likeness (QED) is 0.861. The van der Waals surface area contributed by atoms with E-state index in [1.54, 1.807) is 18.3 Å². The summed E-state index contributed by atoms with van der Waals surface area (Å²) in [5.74, 6) is 1.01. The van der Waals surface area contributed by atoms with Crippen molar-refractivity contribution in [2.75, 3.05) is 7.05 Å². The largest absolute Gasteiger partial charge is 0.337 e. The van der Waals surface area contributed by atoms with Crippen LogP contribution in [0.3, 0.4) is 0 Å². The molecule has 5 heteroatoms. The van der Waals surface area contributed by atoms with Crippen molar-refractivity contribution >= 4 is 11.6 Å². The van der Waals surface area contributed by atoms with E-state index < -0.39 is 0 Å². The third-order valence-electron chi connectivity index (χ3n) is 2.95. The summed E-state index contributed by atoms with van der Waals surface area (Å²) in [6.45, 7) is 1.47. The minimum atomic E-state index is 0.584. The van der Waals surface area contributed by atoms with Gasteiger partial charge in [-0.05, 0) is 24.7 Å². The maximum absolute atomic E-state index is 8.81. The number of hydrogen-bond donors (Lipinski definition) is 0. The molecule has 0 saturated carbocycles. The van der Waals surface area contributed by atoms with Crippen molar-refractivity contribution in [3.63, 3.8) is 0 Å². The van der Waals surface area contributed by atoms with Gasteiger partial charge >= 0.3 is 0 Å². The SMILES string of the molecule is CN(Cc1ccc(C#N)cc1Cl)Cc1nccn1C. The Bertz CT molecular complexity index is 612. The summed E-state index contributed by atoms with van der Waals surface area (Å²) >= 11 is 6.17. The lowest BCUT2D eigenvalue weighted by molar-refractivity contribution is 0.307. The highest BCUT2D eigenvalue weighted by molar-refractivity contribution is 6.31. The average Bonchev–Trinajstić information content (AvgIpc) is 2.77. The number of nitrogens with zero attached hydrogens (tertiary/aromatic N) is 4. The zero-order chi connectivity index (χ0) is 13.8. The number of imidazole rings is 1. The topological polar surface area (TPSA) is 44.9 Å². The minimum Gasteiger partial charge on any atom is -0.337 e. The van der Waals surface area contributed by atoms with Crippen LogP contribution in [0.2, 0.25) is 5.02 Å². The number of benzene rings is 1. The fraction of sp³-hybridized carbons (Fsp3) is 0.286. The summed E-state index contributed by atoms with van der Waals surface area (Å²) in [5, 5.41) is 9.44. The van der Waals surface area contributed by atoms with E-state index in [1.807, 2.05) is 30.9 Å². The van der Waals surface area contributed by atoms with Crippen molar-refractivity contribution in [3.05, 3.63) is 52.6 Å². The molecule has 98 valence electrons. The third kappa shape index (κ3) is 3.34. The highest BCUT2D eigenvalue weighted by Crippen LogP contribution is 2.19. The van der Waals surface area contributed by atoms with Crippen LogP contribution in [0.4, 0.5) is 0 Å². The van der Waals surface area contributed by atoms with E-state index in [9.17, 15) is 0 Å². The molecular weight excluding hydrogens is 260 g/mol. The molecule has 0 saturated heterocycles. The Morgan fingerprint density at radius 3 is 2.79 bits per heavy atom. The number of rotatable bonds is 4. The van der Waals surface area contributed by atoms with Gasteiger partial charge in [0, 0.05) is 31.0 Å². The Labute approximate surface area is 117 Å². The molecule has 0 atom stereocenters. The molecule has 0 fully saturated rings. The highest BCUT2D eigenvalue weighted by atomic mass is 35.5. The Kier molecular flexibility index (Phi) is 4.20. The van der Waals surface area contributed by atoms with Crippen LogP contribution in [0.25, 0.3) is 0 Å². The van der Waals surface area contributed by atoms with Crippen LogP contribution >= 0.6 is 11.6 Å². The number of hydrogen-bond acceptors (Lipinski definition) is 3. The standard InChI is InChI=1S/C14H15ClN4/c1-18(10-14-17-5-6-19(14)2)9-12-4-3-11(8-16)7-13(12)15/h3-7H,9-10H2,1-2H3. The van der Waals surface area contributed by atoms with Crippen molar-refractivity contribution in [1.82, 2.24) is 14.5 Å². The van der Waals surface area contributed by atoms with E-state index in [1.165, 1.54) is 0 Å². The Morgan fingerprint density at radius 2 is 2.21 bits per heavy atom. The molecule has 1 aromatic heterocycles. The molecule has 4 nitrogen and oxygen atoms in total. The van der Waals surface area contributed by atoms with Gasteiger partial charge in [0.2, 0.25) is 0 Å². The summed E-state index contributed by atoms with van der Waals surface area (Å²) in [6, 6.07) is 7.47. The first-order chi connectivity index (χ1) is 9.10. The molecule has 0 spiro atoms. The lowest BCUT2D eigenvalue weighted by atomic mass is 10.1. The normalized spacial score (nSPS) is 10.7. The zero-order valence-corrected chi connectivity index (χ0v) is 11.7. The average molecular weight is 275 g/mol. The lowest BCUT2D eigenvalue weighted by Gasteiger charge is -2.17. The van der Waals surface area contributed by atoms with E-state index in [0.29, 0.717) is 10.6 Å². The zero-order valence-electron chi connectivity index (χ0n) is 11.0. The van der Waals surface area contributed by atoms with E-state index in [-0.39, 0.29) is 0 Å². The smallest absolute Gasteiger partial charge is 0.122 e. The number of aromatic nitrogens is 2. The van der Waals surface area contributed by atoms with Gasteiger partial charge in [0.1, 0.15) is 5.82 Å². The van der Waals surface area contributed by atoms with Gasteiger partial charge in [-0.2, -0.15) is 5.26 Å². The molecule has 0 N–H and O–H groups in total. The van der Waals surface area contributed by atoms with Gasteiger partial charge in [0.15, 0.2) is 0 Å². The van der Waals surface area contributed by atoms with Gasteiger partial charge in [-0.25, -0.2) is 4.98 Å². The van der Waals surface area contributed by atoms with Crippen LogP contribution in [0.1, 0.15) is 17.0 Å². The van der Waals surface area contributed by atoms with Crippen LogP contribution in [0.5, 0.6) is 0 Å². The second-order valence-electron chi connectivity index (χ2n) is 4.54. The molecule has 0 amide bonds. The molecule has 0 unspecified atom stereocenters. The van der Waals surface area contributed by atoms with Gasteiger partial charge in [-0.1, -0.05) is 17.7 Å². The molecule has 1 heterocycles. The maximum Gasteiger partial charge on any atom is 0.122 e. The first kappa shape index (κ1) is 13.6. The number of nitriles is 1. The number of halogens is 1. The highest BCUT2D eigenvalue weighted by Gasteiger charge is 2.08. The van der Waals surface area contributed by atoms with Gasteiger partial charge in [0.05, 0.1) is 18.2 Å². The lowest BCUT2D eigenvalue weighted by Crippen LogP contribution is -2.19. The van der Waals surface area contributed by atoms with Gasteiger partial charge in [-0.15, -0.1) is 0 Å². The molecule has 2 aromatic rings. The van der Waals surface area contributed by atoms with Gasteiger partial charge in [-0.3, -0.25) is 4.90 Å². The monoisotopic (exact) mass is 274 g/mol. The molecule has 1 aromatic carbocycles. The van der Waals surface area contributed by atoms with Crippen molar-refractivity contribution < 1.29 is 0 Å².